The van der Waals surface area contributed by atoms with Crippen LogP contribution in [0.25, 0.3) is 0 Å². The lowest BCUT2D eigenvalue weighted by atomic mass is 9.62. The molecule has 0 unspecified atom stereocenters. The van der Waals surface area contributed by atoms with Gasteiger partial charge in [-0.15, -0.1) is 0 Å². The Hall–Kier alpha value is -0.260. The van der Waals surface area contributed by atoms with Crippen molar-refractivity contribution in [1.82, 2.24) is 0 Å². The molecule has 0 N–H and O–H groups in total. The van der Waals surface area contributed by atoms with Crippen LogP contribution in [0.1, 0.15) is 33.6 Å². The smallest absolute Gasteiger partial charge is 0.0199 e. The summed E-state index contributed by atoms with van der Waals surface area (Å²) in [7, 11) is 0. The highest BCUT2D eigenvalue weighted by Crippen LogP contribution is 2.47. The van der Waals surface area contributed by atoms with Crippen LogP contribution >= 0.6 is 0 Å². The first-order chi connectivity index (χ1) is 4.01. The second-order valence-electron chi connectivity index (χ2n) is 4.12. The molecule has 0 bridgehead atoms. The molecule has 1 aliphatic rings. The minimum Gasteiger partial charge on any atom is -0.0999 e. The van der Waals surface area contributed by atoms with Crippen LogP contribution in [0.4, 0.5) is 0 Å². The van der Waals surface area contributed by atoms with E-state index in [-0.39, 0.29) is 0 Å². The fraction of sp³-hybridized carbons (Fsp3) is 0.778. The van der Waals surface area contributed by atoms with Crippen LogP contribution in [0.3, 0.4) is 0 Å². The predicted molar refractivity (Wildman–Crippen MR) is 41.3 cm³/mol. The van der Waals surface area contributed by atoms with Gasteiger partial charge in [-0.05, 0) is 31.1 Å². The van der Waals surface area contributed by atoms with Crippen molar-refractivity contribution in [2.24, 2.45) is 11.3 Å². The average molecular weight is 124 g/mol. The van der Waals surface area contributed by atoms with E-state index in [9.17, 15) is 0 Å². The van der Waals surface area contributed by atoms with Gasteiger partial charge in [0.15, 0.2) is 0 Å². The lowest BCUT2D eigenvalue weighted by Gasteiger charge is -2.43. The zero-order valence-electron chi connectivity index (χ0n) is 6.70. The molecule has 1 fully saturated rings. The average Bonchev–Trinajstić information content (AvgIpc) is 1.59. The van der Waals surface area contributed by atoms with Crippen LogP contribution in [0, 0.1) is 11.3 Å². The summed E-state index contributed by atoms with van der Waals surface area (Å²) in [5.41, 5.74) is 1.98. The highest BCUT2D eigenvalue weighted by molar-refractivity contribution is 5.05. The van der Waals surface area contributed by atoms with E-state index in [1.165, 1.54) is 18.4 Å². The Morgan fingerprint density at radius 1 is 1.44 bits per heavy atom. The van der Waals surface area contributed by atoms with Gasteiger partial charge in [0.2, 0.25) is 0 Å². The number of hydrogen-bond acceptors (Lipinski definition) is 0. The normalized spacial score (nSPS) is 25.2. The Labute approximate surface area is 58.0 Å². The molecule has 52 valence electrons. The monoisotopic (exact) mass is 124 g/mol. The summed E-state index contributed by atoms with van der Waals surface area (Å²) in [4.78, 5) is 0. The van der Waals surface area contributed by atoms with E-state index in [0.29, 0.717) is 5.41 Å². The van der Waals surface area contributed by atoms with E-state index < -0.39 is 0 Å². The van der Waals surface area contributed by atoms with Crippen molar-refractivity contribution in [2.45, 2.75) is 33.6 Å². The van der Waals surface area contributed by atoms with Crippen LogP contribution in [-0.4, -0.2) is 0 Å². The summed E-state index contributed by atoms with van der Waals surface area (Å²) in [6.45, 7) is 10.7. The van der Waals surface area contributed by atoms with Gasteiger partial charge >= 0.3 is 0 Å². The Balaban J connectivity index is 2.35. The highest BCUT2D eigenvalue weighted by Gasteiger charge is 2.35. The third-order valence-electron chi connectivity index (χ3n) is 2.29. The Morgan fingerprint density at radius 3 is 2.00 bits per heavy atom. The first-order valence-corrected chi connectivity index (χ1v) is 3.67. The van der Waals surface area contributed by atoms with Crippen LogP contribution in [-0.2, 0) is 0 Å². The summed E-state index contributed by atoms with van der Waals surface area (Å²) in [5, 5.41) is 0. The van der Waals surface area contributed by atoms with Crippen molar-refractivity contribution in [1.29, 1.82) is 0 Å². The molecule has 0 heterocycles. The molecule has 0 atom stereocenters. The van der Waals surface area contributed by atoms with Crippen molar-refractivity contribution in [2.75, 3.05) is 0 Å². The van der Waals surface area contributed by atoms with Crippen LogP contribution in [0.5, 0.6) is 0 Å². The third kappa shape index (κ3) is 1.35. The van der Waals surface area contributed by atoms with E-state index in [1.807, 2.05) is 0 Å². The van der Waals surface area contributed by atoms with E-state index in [0.717, 1.165) is 5.92 Å². The molecule has 1 rings (SSSR count). The zero-order valence-corrected chi connectivity index (χ0v) is 6.70. The zero-order chi connectivity index (χ0) is 7.07. The first kappa shape index (κ1) is 6.85. The van der Waals surface area contributed by atoms with Gasteiger partial charge in [0.25, 0.3) is 0 Å². The van der Waals surface area contributed by atoms with Crippen molar-refractivity contribution in [3.05, 3.63) is 12.2 Å². The number of allylic oxidation sites excluding steroid dienone is 1. The molecule has 0 saturated heterocycles. The molecular formula is C9H16. The molecule has 9 heavy (non-hydrogen) atoms. The summed E-state index contributed by atoms with van der Waals surface area (Å²) >= 11 is 0. The molecule has 0 heteroatoms. The van der Waals surface area contributed by atoms with Crippen molar-refractivity contribution < 1.29 is 0 Å². The molecule has 0 radical (unpaired) electrons. The molecule has 0 nitrogen and oxygen atoms in total. The molecule has 0 aromatic rings. The van der Waals surface area contributed by atoms with Gasteiger partial charge in [-0.25, -0.2) is 0 Å². The van der Waals surface area contributed by atoms with Gasteiger partial charge in [0.05, 0.1) is 0 Å². The fourth-order valence-corrected chi connectivity index (χ4v) is 1.62. The number of rotatable bonds is 1. The standard InChI is InChI=1S/C9H16/c1-7(2)8-5-9(3,4)6-8/h8H,1,5-6H2,2-4H3. The quantitative estimate of drug-likeness (QED) is 0.471. The summed E-state index contributed by atoms with van der Waals surface area (Å²) < 4.78 is 0. The summed E-state index contributed by atoms with van der Waals surface area (Å²) in [5.74, 6) is 0.833. The molecule has 0 aliphatic heterocycles. The summed E-state index contributed by atoms with van der Waals surface area (Å²) in [6.07, 6.45) is 2.70. The maximum Gasteiger partial charge on any atom is -0.0199 e. The maximum atomic E-state index is 3.94. The summed E-state index contributed by atoms with van der Waals surface area (Å²) in [6, 6.07) is 0. The van der Waals surface area contributed by atoms with E-state index in [1.54, 1.807) is 0 Å². The largest absolute Gasteiger partial charge is 0.0999 e. The van der Waals surface area contributed by atoms with Gasteiger partial charge in [0.1, 0.15) is 0 Å². The second-order valence-corrected chi connectivity index (χ2v) is 4.12. The lowest BCUT2D eigenvalue weighted by molar-refractivity contribution is 0.123. The Kier molecular flexibility index (Phi) is 1.42. The van der Waals surface area contributed by atoms with Gasteiger partial charge in [-0.3, -0.25) is 0 Å². The van der Waals surface area contributed by atoms with E-state index in [4.69, 9.17) is 0 Å². The lowest BCUT2D eigenvalue weighted by Crippen LogP contribution is -2.31. The first-order valence-electron chi connectivity index (χ1n) is 3.67. The van der Waals surface area contributed by atoms with Gasteiger partial charge < -0.3 is 0 Å². The van der Waals surface area contributed by atoms with Crippen molar-refractivity contribution in [3.8, 4) is 0 Å². The fourth-order valence-electron chi connectivity index (χ4n) is 1.62. The predicted octanol–water partition coefficient (Wildman–Crippen LogP) is 3.00. The second kappa shape index (κ2) is 1.86. The van der Waals surface area contributed by atoms with Crippen LogP contribution in [0.2, 0.25) is 0 Å². The van der Waals surface area contributed by atoms with Gasteiger partial charge in [0, 0.05) is 0 Å². The molecule has 1 aliphatic carbocycles. The van der Waals surface area contributed by atoms with Crippen molar-refractivity contribution in [3.63, 3.8) is 0 Å². The molecule has 0 aromatic heterocycles. The molecule has 0 amide bonds. The highest BCUT2D eigenvalue weighted by atomic mass is 14.4. The topological polar surface area (TPSA) is 0 Å². The third-order valence-corrected chi connectivity index (χ3v) is 2.29. The Bertz CT molecular complexity index is 123. The molecule has 1 saturated carbocycles. The molecule has 0 aromatic carbocycles. The van der Waals surface area contributed by atoms with Gasteiger partial charge in [-0.2, -0.15) is 0 Å². The number of hydrogen-bond donors (Lipinski definition) is 0. The van der Waals surface area contributed by atoms with E-state index >= 15 is 0 Å². The molecular weight excluding hydrogens is 108 g/mol. The maximum absolute atomic E-state index is 3.94. The van der Waals surface area contributed by atoms with Crippen LogP contribution in [0.15, 0.2) is 12.2 Å². The van der Waals surface area contributed by atoms with Gasteiger partial charge in [-0.1, -0.05) is 26.0 Å². The van der Waals surface area contributed by atoms with Crippen LogP contribution < -0.4 is 0 Å². The minimum absolute atomic E-state index is 0.615. The minimum atomic E-state index is 0.615. The van der Waals surface area contributed by atoms with Crippen molar-refractivity contribution >= 4 is 0 Å². The molecule has 0 spiro atoms. The Morgan fingerprint density at radius 2 is 1.89 bits per heavy atom. The van der Waals surface area contributed by atoms with E-state index in [2.05, 4.69) is 27.4 Å². The SMILES string of the molecule is C=C(C)C1CC(C)(C)C1.